The standard InChI is InChI=1S/C8H12F3N3O/c1-3-5(12)4(2)6-13-7(14-15-6)8(9,10)11/h4-5H,3,12H2,1-2H3. The minimum absolute atomic E-state index is 0.0725. The lowest BCUT2D eigenvalue weighted by atomic mass is 10.0. The Kier molecular flexibility index (Phi) is 3.33. The van der Waals surface area contributed by atoms with E-state index in [0.29, 0.717) is 6.42 Å². The van der Waals surface area contributed by atoms with Crippen LogP contribution in [0.25, 0.3) is 0 Å². The van der Waals surface area contributed by atoms with E-state index in [1.807, 2.05) is 6.92 Å². The SMILES string of the molecule is CCC(N)C(C)c1nc(C(F)(F)F)no1. The van der Waals surface area contributed by atoms with Gasteiger partial charge in [0.25, 0.3) is 5.82 Å². The Morgan fingerprint density at radius 2 is 2.07 bits per heavy atom. The van der Waals surface area contributed by atoms with Crippen molar-refractivity contribution >= 4 is 0 Å². The highest BCUT2D eigenvalue weighted by atomic mass is 19.4. The van der Waals surface area contributed by atoms with Gasteiger partial charge < -0.3 is 10.3 Å². The molecule has 15 heavy (non-hydrogen) atoms. The van der Waals surface area contributed by atoms with E-state index >= 15 is 0 Å². The molecule has 1 aromatic rings. The molecule has 0 fully saturated rings. The maximum absolute atomic E-state index is 12.1. The van der Waals surface area contributed by atoms with Crippen molar-refractivity contribution in [2.45, 2.75) is 38.4 Å². The number of rotatable bonds is 3. The van der Waals surface area contributed by atoms with Gasteiger partial charge in [0, 0.05) is 6.04 Å². The van der Waals surface area contributed by atoms with Crippen LogP contribution in [0.5, 0.6) is 0 Å². The zero-order valence-corrected chi connectivity index (χ0v) is 8.38. The minimum Gasteiger partial charge on any atom is -0.339 e. The van der Waals surface area contributed by atoms with Crippen molar-refractivity contribution in [2.75, 3.05) is 0 Å². The number of hydrogen-bond donors (Lipinski definition) is 1. The molecule has 2 atom stereocenters. The van der Waals surface area contributed by atoms with Gasteiger partial charge in [0.05, 0.1) is 5.92 Å². The second-order valence-corrected chi connectivity index (χ2v) is 3.31. The van der Waals surface area contributed by atoms with E-state index in [1.54, 1.807) is 6.92 Å². The van der Waals surface area contributed by atoms with Crippen LogP contribution in [0.4, 0.5) is 13.2 Å². The first-order valence-corrected chi connectivity index (χ1v) is 4.52. The van der Waals surface area contributed by atoms with Crippen LogP contribution in [0.2, 0.25) is 0 Å². The van der Waals surface area contributed by atoms with Crippen LogP contribution in [0.15, 0.2) is 4.52 Å². The van der Waals surface area contributed by atoms with E-state index in [4.69, 9.17) is 5.73 Å². The van der Waals surface area contributed by atoms with Crippen LogP contribution in [0.3, 0.4) is 0 Å². The molecule has 86 valence electrons. The summed E-state index contributed by atoms with van der Waals surface area (Å²) in [6.07, 6.45) is -3.94. The number of hydrogen-bond acceptors (Lipinski definition) is 4. The molecule has 0 saturated carbocycles. The molecule has 1 rings (SSSR count). The summed E-state index contributed by atoms with van der Waals surface area (Å²) in [6.45, 7) is 3.49. The first-order valence-electron chi connectivity index (χ1n) is 4.52. The van der Waals surface area contributed by atoms with E-state index in [-0.39, 0.29) is 17.9 Å². The summed E-state index contributed by atoms with van der Waals surface area (Å²) in [5.74, 6) is -1.71. The zero-order valence-electron chi connectivity index (χ0n) is 8.38. The Bertz CT molecular complexity index is 323. The highest BCUT2D eigenvalue weighted by Gasteiger charge is 2.38. The van der Waals surface area contributed by atoms with Crippen molar-refractivity contribution in [3.05, 3.63) is 11.7 Å². The average molecular weight is 223 g/mol. The monoisotopic (exact) mass is 223 g/mol. The number of aromatic nitrogens is 2. The van der Waals surface area contributed by atoms with Gasteiger partial charge in [-0.15, -0.1) is 0 Å². The fourth-order valence-electron chi connectivity index (χ4n) is 1.07. The Balaban J connectivity index is 2.85. The van der Waals surface area contributed by atoms with Crippen molar-refractivity contribution in [3.63, 3.8) is 0 Å². The Morgan fingerprint density at radius 1 is 1.47 bits per heavy atom. The van der Waals surface area contributed by atoms with Crippen LogP contribution in [-0.4, -0.2) is 16.2 Å². The Labute approximate surface area is 84.6 Å². The molecule has 0 aromatic carbocycles. The molecule has 7 heteroatoms. The van der Waals surface area contributed by atoms with E-state index < -0.39 is 12.0 Å². The van der Waals surface area contributed by atoms with Crippen LogP contribution in [-0.2, 0) is 6.18 Å². The van der Waals surface area contributed by atoms with Crippen molar-refractivity contribution in [1.29, 1.82) is 0 Å². The van der Waals surface area contributed by atoms with Gasteiger partial charge in [-0.3, -0.25) is 0 Å². The van der Waals surface area contributed by atoms with Crippen LogP contribution >= 0.6 is 0 Å². The van der Waals surface area contributed by atoms with Crippen LogP contribution < -0.4 is 5.73 Å². The average Bonchev–Trinajstić information content (AvgIpc) is 2.63. The summed E-state index contributed by atoms with van der Waals surface area (Å²) in [6, 6.07) is -0.286. The third kappa shape index (κ3) is 2.68. The summed E-state index contributed by atoms with van der Waals surface area (Å²) < 4.78 is 40.9. The molecule has 4 nitrogen and oxygen atoms in total. The molecule has 0 bridgehead atoms. The maximum atomic E-state index is 12.1. The van der Waals surface area contributed by atoms with Gasteiger partial charge in [-0.1, -0.05) is 19.0 Å². The summed E-state index contributed by atoms with van der Waals surface area (Å²) >= 11 is 0. The third-order valence-corrected chi connectivity index (χ3v) is 2.20. The molecule has 0 spiro atoms. The van der Waals surface area contributed by atoms with Gasteiger partial charge in [-0.2, -0.15) is 18.2 Å². The highest BCUT2D eigenvalue weighted by Crippen LogP contribution is 2.28. The largest absolute Gasteiger partial charge is 0.455 e. The van der Waals surface area contributed by atoms with E-state index in [9.17, 15) is 13.2 Å². The molecule has 0 saturated heterocycles. The topological polar surface area (TPSA) is 64.9 Å². The Hall–Kier alpha value is -1.11. The van der Waals surface area contributed by atoms with Crippen molar-refractivity contribution in [2.24, 2.45) is 5.73 Å². The minimum atomic E-state index is -4.57. The number of nitrogens with zero attached hydrogens (tertiary/aromatic N) is 2. The fraction of sp³-hybridized carbons (Fsp3) is 0.750. The second-order valence-electron chi connectivity index (χ2n) is 3.31. The van der Waals surface area contributed by atoms with E-state index in [0.717, 1.165) is 0 Å². The molecule has 0 aliphatic rings. The maximum Gasteiger partial charge on any atom is 0.455 e. The van der Waals surface area contributed by atoms with Crippen LogP contribution in [0.1, 0.15) is 37.9 Å². The summed E-state index contributed by atoms with van der Waals surface area (Å²) in [5.41, 5.74) is 5.66. The van der Waals surface area contributed by atoms with Crippen molar-refractivity contribution < 1.29 is 17.7 Å². The molecular formula is C8H12F3N3O. The molecule has 0 aliphatic carbocycles. The molecule has 0 aliphatic heterocycles. The second kappa shape index (κ2) is 4.18. The third-order valence-electron chi connectivity index (χ3n) is 2.20. The van der Waals surface area contributed by atoms with Gasteiger partial charge >= 0.3 is 6.18 Å². The lowest BCUT2D eigenvalue weighted by Crippen LogP contribution is -2.25. The summed E-state index contributed by atoms with van der Waals surface area (Å²) in [4.78, 5) is 3.27. The quantitative estimate of drug-likeness (QED) is 0.850. The normalized spacial score (nSPS) is 16.4. The van der Waals surface area contributed by atoms with Crippen LogP contribution in [0, 0.1) is 0 Å². The molecule has 2 unspecified atom stereocenters. The highest BCUT2D eigenvalue weighted by molar-refractivity contribution is 4.98. The predicted octanol–water partition coefficient (Wildman–Crippen LogP) is 1.93. The van der Waals surface area contributed by atoms with Crippen molar-refractivity contribution in [1.82, 2.24) is 10.1 Å². The van der Waals surface area contributed by atoms with Gasteiger partial charge in [0.2, 0.25) is 5.89 Å². The van der Waals surface area contributed by atoms with Gasteiger partial charge in [-0.25, -0.2) is 0 Å². The van der Waals surface area contributed by atoms with E-state index in [2.05, 4.69) is 14.7 Å². The Morgan fingerprint density at radius 3 is 2.47 bits per heavy atom. The van der Waals surface area contributed by atoms with E-state index in [1.165, 1.54) is 0 Å². The summed E-state index contributed by atoms with van der Waals surface area (Å²) in [7, 11) is 0. The fourth-order valence-corrected chi connectivity index (χ4v) is 1.07. The number of alkyl halides is 3. The van der Waals surface area contributed by atoms with Gasteiger partial charge in [-0.05, 0) is 6.42 Å². The van der Waals surface area contributed by atoms with Gasteiger partial charge in [0.15, 0.2) is 0 Å². The zero-order chi connectivity index (χ0) is 11.6. The first kappa shape index (κ1) is 12.0. The molecular weight excluding hydrogens is 211 g/mol. The lowest BCUT2D eigenvalue weighted by molar-refractivity contribution is -0.146. The first-order chi connectivity index (χ1) is 6.86. The molecule has 2 N–H and O–H groups in total. The smallest absolute Gasteiger partial charge is 0.339 e. The van der Waals surface area contributed by atoms with Gasteiger partial charge in [0.1, 0.15) is 0 Å². The molecule has 1 heterocycles. The van der Waals surface area contributed by atoms with Crippen molar-refractivity contribution in [3.8, 4) is 0 Å². The summed E-state index contributed by atoms with van der Waals surface area (Å²) in [5, 5.41) is 2.86. The lowest BCUT2D eigenvalue weighted by Gasteiger charge is -2.13. The molecule has 0 amide bonds. The molecule has 0 radical (unpaired) electrons. The molecule has 1 aromatic heterocycles. The number of halogens is 3. The number of nitrogens with two attached hydrogens (primary N) is 1. The predicted molar refractivity (Wildman–Crippen MR) is 46.0 cm³/mol.